The Bertz CT molecular complexity index is 442. The number of amidine groups is 1. The number of likely N-dealkylation sites (N-methyl/N-ethyl adjacent to an activating group) is 1. The molecule has 7 nitrogen and oxygen atoms in total. The minimum absolute atomic E-state index is 0.107. The Morgan fingerprint density at radius 1 is 1.47 bits per heavy atom. The summed E-state index contributed by atoms with van der Waals surface area (Å²) in [5.74, 6) is 0.537. The number of nitrogens with two attached hydrogens (primary N) is 1. The average molecular weight is 265 g/mol. The number of aliphatic hydroxyl groups is 1. The molecule has 104 valence electrons. The fourth-order valence-corrected chi connectivity index (χ4v) is 2.09. The van der Waals surface area contributed by atoms with Crippen molar-refractivity contribution in [2.24, 2.45) is 5.73 Å². The maximum absolute atomic E-state index is 10.4. The second kappa shape index (κ2) is 5.50. The molecule has 19 heavy (non-hydrogen) atoms. The van der Waals surface area contributed by atoms with E-state index in [-0.39, 0.29) is 5.84 Å². The van der Waals surface area contributed by atoms with E-state index in [4.69, 9.17) is 15.9 Å². The zero-order valence-corrected chi connectivity index (χ0v) is 11.0. The first-order valence-electron chi connectivity index (χ1n) is 6.18. The van der Waals surface area contributed by atoms with Crippen molar-refractivity contribution in [3.05, 3.63) is 18.1 Å². The number of nitrogen functional groups attached to an aromatic ring is 1. The van der Waals surface area contributed by atoms with Crippen molar-refractivity contribution in [2.75, 3.05) is 31.7 Å². The van der Waals surface area contributed by atoms with Crippen LogP contribution in [-0.4, -0.2) is 53.3 Å². The van der Waals surface area contributed by atoms with Gasteiger partial charge in [0.2, 0.25) is 0 Å². The molecule has 0 atom stereocenters. The third-order valence-corrected chi connectivity index (χ3v) is 3.26. The molecule has 0 aliphatic carbocycles. The summed E-state index contributed by atoms with van der Waals surface area (Å²) in [6.07, 6.45) is 4.26. The number of rotatable bonds is 4. The van der Waals surface area contributed by atoms with Crippen molar-refractivity contribution in [3.8, 4) is 0 Å². The summed E-state index contributed by atoms with van der Waals surface area (Å²) in [5, 5.41) is 17.7. The number of hydrogen-bond acceptors (Lipinski definition) is 6. The molecule has 2 rings (SSSR count). The molecule has 7 heteroatoms. The Labute approximate surface area is 111 Å². The lowest BCUT2D eigenvalue weighted by Gasteiger charge is -2.35. The lowest BCUT2D eigenvalue weighted by molar-refractivity contribution is -0.0573. The van der Waals surface area contributed by atoms with E-state index < -0.39 is 5.60 Å². The maximum Gasteiger partial charge on any atom is 0.146 e. The van der Waals surface area contributed by atoms with Gasteiger partial charge in [0.05, 0.1) is 18.0 Å². The smallest absolute Gasteiger partial charge is 0.146 e. The van der Waals surface area contributed by atoms with Crippen LogP contribution >= 0.6 is 0 Å². The van der Waals surface area contributed by atoms with Crippen LogP contribution in [0.25, 0.3) is 0 Å². The first kappa shape index (κ1) is 13.7. The number of nitrogens with one attached hydrogen (secondary N) is 1. The van der Waals surface area contributed by atoms with Gasteiger partial charge in [-0.15, -0.1) is 0 Å². The van der Waals surface area contributed by atoms with Gasteiger partial charge >= 0.3 is 0 Å². The highest BCUT2D eigenvalue weighted by molar-refractivity contribution is 5.92. The van der Waals surface area contributed by atoms with Crippen LogP contribution in [0, 0.1) is 5.41 Å². The highest BCUT2D eigenvalue weighted by Gasteiger charge is 2.31. The molecule has 0 radical (unpaired) electrons. The predicted octanol–water partition coefficient (Wildman–Crippen LogP) is -0.262. The summed E-state index contributed by atoms with van der Waals surface area (Å²) in [6, 6.07) is 0. The molecule has 1 aromatic heterocycles. The van der Waals surface area contributed by atoms with E-state index in [1.54, 1.807) is 6.20 Å². The molecular formula is C12H19N5O2. The summed E-state index contributed by atoms with van der Waals surface area (Å²) >= 11 is 0. The highest BCUT2D eigenvalue weighted by atomic mass is 16.5. The second-order valence-corrected chi connectivity index (χ2v) is 4.87. The molecule has 0 unspecified atom stereocenters. The lowest BCUT2D eigenvalue weighted by atomic mass is 9.94. The van der Waals surface area contributed by atoms with Crippen LogP contribution in [-0.2, 0) is 4.74 Å². The third kappa shape index (κ3) is 3.39. The Balaban J connectivity index is 2.02. The van der Waals surface area contributed by atoms with Crippen molar-refractivity contribution in [3.63, 3.8) is 0 Å². The fourth-order valence-electron chi connectivity index (χ4n) is 2.09. The quantitative estimate of drug-likeness (QED) is 0.511. The zero-order valence-electron chi connectivity index (χ0n) is 11.0. The van der Waals surface area contributed by atoms with Crippen LogP contribution in [0.4, 0.5) is 5.82 Å². The summed E-state index contributed by atoms with van der Waals surface area (Å²) in [7, 11) is 1.85. The molecule has 0 bridgehead atoms. The summed E-state index contributed by atoms with van der Waals surface area (Å²) in [4.78, 5) is 10.1. The molecule has 0 spiro atoms. The molecule has 1 aliphatic heterocycles. The minimum Gasteiger partial charge on any atom is -0.388 e. The van der Waals surface area contributed by atoms with E-state index in [0.29, 0.717) is 44.1 Å². The molecule has 1 aliphatic rings. The van der Waals surface area contributed by atoms with Gasteiger partial charge in [0, 0.05) is 39.6 Å². The fraction of sp³-hybridized carbons (Fsp3) is 0.583. The Morgan fingerprint density at radius 3 is 2.68 bits per heavy atom. The van der Waals surface area contributed by atoms with E-state index in [9.17, 15) is 5.11 Å². The van der Waals surface area contributed by atoms with Gasteiger partial charge in [0.1, 0.15) is 17.3 Å². The van der Waals surface area contributed by atoms with Gasteiger partial charge < -0.3 is 20.5 Å². The number of nitrogens with zero attached hydrogens (tertiary/aromatic N) is 3. The van der Waals surface area contributed by atoms with Crippen molar-refractivity contribution in [2.45, 2.75) is 18.4 Å². The molecule has 2 heterocycles. The van der Waals surface area contributed by atoms with Gasteiger partial charge in [-0.3, -0.25) is 5.41 Å². The van der Waals surface area contributed by atoms with Gasteiger partial charge in [0.25, 0.3) is 0 Å². The predicted molar refractivity (Wildman–Crippen MR) is 71.3 cm³/mol. The number of aromatic nitrogens is 2. The van der Waals surface area contributed by atoms with Crippen LogP contribution in [0.2, 0.25) is 0 Å². The van der Waals surface area contributed by atoms with E-state index in [0.717, 1.165) is 0 Å². The third-order valence-electron chi connectivity index (χ3n) is 3.26. The van der Waals surface area contributed by atoms with Crippen LogP contribution in [0.1, 0.15) is 18.5 Å². The van der Waals surface area contributed by atoms with E-state index in [1.807, 2.05) is 11.9 Å². The molecule has 0 saturated carbocycles. The average Bonchev–Trinajstić information content (AvgIpc) is 2.39. The van der Waals surface area contributed by atoms with Crippen LogP contribution < -0.4 is 10.6 Å². The van der Waals surface area contributed by atoms with Crippen LogP contribution in [0.3, 0.4) is 0 Å². The van der Waals surface area contributed by atoms with Gasteiger partial charge in [-0.05, 0) is 0 Å². The normalized spacial score (nSPS) is 18.0. The van der Waals surface area contributed by atoms with E-state index >= 15 is 0 Å². The number of hydrogen-bond donors (Lipinski definition) is 3. The lowest BCUT2D eigenvalue weighted by Crippen LogP contribution is -2.46. The van der Waals surface area contributed by atoms with Gasteiger partial charge in [0.15, 0.2) is 0 Å². The van der Waals surface area contributed by atoms with Gasteiger partial charge in [-0.25, -0.2) is 9.97 Å². The molecular weight excluding hydrogens is 246 g/mol. The monoisotopic (exact) mass is 265 g/mol. The van der Waals surface area contributed by atoms with Crippen molar-refractivity contribution >= 4 is 11.7 Å². The second-order valence-electron chi connectivity index (χ2n) is 4.87. The van der Waals surface area contributed by atoms with Crippen LogP contribution in [0.15, 0.2) is 12.4 Å². The van der Waals surface area contributed by atoms with E-state index in [2.05, 4.69) is 9.97 Å². The summed E-state index contributed by atoms with van der Waals surface area (Å²) in [5.41, 5.74) is 4.93. The Hall–Kier alpha value is -1.73. The molecule has 0 aromatic carbocycles. The topological polar surface area (TPSA) is 108 Å². The van der Waals surface area contributed by atoms with Crippen molar-refractivity contribution < 1.29 is 9.84 Å². The van der Waals surface area contributed by atoms with Gasteiger partial charge in [-0.1, -0.05) is 0 Å². The van der Waals surface area contributed by atoms with Crippen molar-refractivity contribution in [1.82, 2.24) is 9.97 Å². The Morgan fingerprint density at radius 2 is 2.16 bits per heavy atom. The zero-order chi connectivity index (χ0) is 13.9. The highest BCUT2D eigenvalue weighted by Crippen LogP contribution is 2.22. The largest absolute Gasteiger partial charge is 0.388 e. The van der Waals surface area contributed by atoms with E-state index in [1.165, 1.54) is 6.20 Å². The molecule has 0 amide bonds. The number of anilines is 1. The molecule has 1 saturated heterocycles. The molecule has 1 fully saturated rings. The molecule has 4 N–H and O–H groups in total. The standard InChI is InChI=1S/C12H19N5O2/c1-17(8-12(18)2-4-19-5-3-12)10-7-15-9(6-16-10)11(13)14/h6-7,18H,2-5,8H2,1H3,(H3,13,14). The first-order chi connectivity index (χ1) is 9.00. The SMILES string of the molecule is CN(CC1(O)CCOCC1)c1cnc(C(=N)N)cn1. The Kier molecular flexibility index (Phi) is 3.96. The maximum atomic E-state index is 10.4. The van der Waals surface area contributed by atoms with Gasteiger partial charge in [-0.2, -0.15) is 0 Å². The van der Waals surface area contributed by atoms with Crippen LogP contribution in [0.5, 0.6) is 0 Å². The minimum atomic E-state index is -0.742. The first-order valence-corrected chi connectivity index (χ1v) is 6.18. The number of ether oxygens (including phenoxy) is 1. The molecule has 1 aromatic rings. The summed E-state index contributed by atoms with van der Waals surface area (Å²) in [6.45, 7) is 1.64. The van der Waals surface area contributed by atoms with Crippen molar-refractivity contribution in [1.29, 1.82) is 5.41 Å². The summed E-state index contributed by atoms with van der Waals surface area (Å²) < 4.78 is 5.25.